The number of hydrogen-bond donors (Lipinski definition) is 3. The summed E-state index contributed by atoms with van der Waals surface area (Å²) in [6.45, 7) is 1.37. The van der Waals surface area contributed by atoms with Crippen LogP contribution in [0.5, 0.6) is 0 Å². The molecule has 16 heavy (non-hydrogen) atoms. The molecule has 1 atom stereocenters. The second-order valence-electron chi connectivity index (χ2n) is 3.27. The van der Waals surface area contributed by atoms with E-state index in [1.165, 1.54) is 25.1 Å². The Kier molecular flexibility index (Phi) is 3.73. The number of rotatable bonds is 3. The van der Waals surface area contributed by atoms with Crippen molar-refractivity contribution in [1.82, 2.24) is 5.32 Å². The van der Waals surface area contributed by atoms with Gasteiger partial charge in [-0.1, -0.05) is 11.6 Å². The van der Waals surface area contributed by atoms with E-state index in [-0.39, 0.29) is 11.3 Å². The lowest BCUT2D eigenvalue weighted by Crippen LogP contribution is -2.38. The lowest BCUT2D eigenvalue weighted by Gasteiger charge is -2.09. The van der Waals surface area contributed by atoms with Gasteiger partial charge in [0.2, 0.25) is 0 Å². The van der Waals surface area contributed by atoms with Gasteiger partial charge in [0.25, 0.3) is 5.91 Å². The average Bonchev–Trinajstić information content (AvgIpc) is 2.21. The van der Waals surface area contributed by atoms with Gasteiger partial charge in [0.05, 0.1) is 10.7 Å². The summed E-state index contributed by atoms with van der Waals surface area (Å²) in [5.41, 5.74) is 6.07. The van der Waals surface area contributed by atoms with Gasteiger partial charge >= 0.3 is 5.97 Å². The van der Waals surface area contributed by atoms with Crippen molar-refractivity contribution in [3.8, 4) is 0 Å². The summed E-state index contributed by atoms with van der Waals surface area (Å²) in [7, 11) is 0. The van der Waals surface area contributed by atoms with Crippen molar-refractivity contribution < 1.29 is 14.7 Å². The second kappa shape index (κ2) is 4.85. The summed E-state index contributed by atoms with van der Waals surface area (Å²) in [5, 5.41) is 11.3. The van der Waals surface area contributed by atoms with Gasteiger partial charge in [-0.25, -0.2) is 0 Å². The molecule has 1 aromatic rings. The maximum Gasteiger partial charge on any atom is 0.325 e. The quantitative estimate of drug-likeness (QED) is 0.693. The first-order valence-corrected chi connectivity index (χ1v) is 4.88. The van der Waals surface area contributed by atoms with E-state index in [1.807, 2.05) is 0 Å². The minimum Gasteiger partial charge on any atom is -0.480 e. The summed E-state index contributed by atoms with van der Waals surface area (Å²) in [6.07, 6.45) is 0. The predicted octanol–water partition coefficient (Wildman–Crippen LogP) is 1.13. The number of anilines is 1. The topological polar surface area (TPSA) is 92.4 Å². The van der Waals surface area contributed by atoms with Crippen LogP contribution >= 0.6 is 11.6 Å². The number of nitrogen functional groups attached to an aromatic ring is 1. The molecule has 5 nitrogen and oxygen atoms in total. The number of nitrogens with one attached hydrogen (secondary N) is 1. The third-order valence-electron chi connectivity index (χ3n) is 1.98. The van der Waals surface area contributed by atoms with Crippen LogP contribution in [0.3, 0.4) is 0 Å². The van der Waals surface area contributed by atoms with E-state index >= 15 is 0 Å². The highest BCUT2D eigenvalue weighted by atomic mass is 35.5. The smallest absolute Gasteiger partial charge is 0.325 e. The largest absolute Gasteiger partial charge is 0.480 e. The number of halogens is 1. The molecule has 0 radical (unpaired) electrons. The number of carboxylic acid groups (broad SMARTS) is 1. The number of nitrogens with two attached hydrogens (primary N) is 1. The Labute approximate surface area is 97.2 Å². The number of carbonyl (C=O) groups excluding carboxylic acids is 1. The number of carbonyl (C=O) groups is 2. The SMILES string of the molecule is C[C@@H](NC(=O)c1ccc(Cl)c(N)c1)C(=O)O. The first kappa shape index (κ1) is 12.3. The minimum absolute atomic E-state index is 0.273. The highest BCUT2D eigenvalue weighted by Crippen LogP contribution is 2.19. The van der Waals surface area contributed by atoms with Crippen LogP contribution in [0.4, 0.5) is 5.69 Å². The van der Waals surface area contributed by atoms with Crippen molar-refractivity contribution in [2.75, 3.05) is 5.73 Å². The Bertz CT molecular complexity index is 434. The summed E-state index contributed by atoms with van der Waals surface area (Å²) < 4.78 is 0. The van der Waals surface area contributed by atoms with Crippen LogP contribution in [-0.4, -0.2) is 23.0 Å². The highest BCUT2D eigenvalue weighted by Gasteiger charge is 2.15. The second-order valence-corrected chi connectivity index (χ2v) is 3.68. The zero-order valence-electron chi connectivity index (χ0n) is 8.53. The molecule has 0 aliphatic heterocycles. The molecule has 0 saturated carbocycles. The number of carboxylic acids is 1. The van der Waals surface area contributed by atoms with Gasteiger partial charge < -0.3 is 16.2 Å². The lowest BCUT2D eigenvalue weighted by atomic mass is 10.2. The first-order valence-electron chi connectivity index (χ1n) is 4.50. The Morgan fingerprint density at radius 1 is 1.50 bits per heavy atom. The Morgan fingerprint density at radius 2 is 2.12 bits per heavy atom. The molecular weight excluding hydrogens is 232 g/mol. The summed E-state index contributed by atoms with van der Waals surface area (Å²) in [6, 6.07) is 3.40. The van der Waals surface area contributed by atoms with Crippen LogP contribution in [0.1, 0.15) is 17.3 Å². The molecule has 0 saturated heterocycles. The number of amides is 1. The van der Waals surface area contributed by atoms with Gasteiger partial charge in [-0.05, 0) is 25.1 Å². The van der Waals surface area contributed by atoms with Crippen LogP contribution in [0, 0.1) is 0 Å². The van der Waals surface area contributed by atoms with E-state index in [0.717, 1.165) is 0 Å². The molecule has 0 unspecified atom stereocenters. The molecule has 0 bridgehead atoms. The zero-order valence-corrected chi connectivity index (χ0v) is 9.28. The average molecular weight is 243 g/mol. The van der Waals surface area contributed by atoms with E-state index < -0.39 is 17.9 Å². The molecule has 0 fully saturated rings. The Hall–Kier alpha value is -1.75. The molecule has 1 aromatic carbocycles. The normalized spacial score (nSPS) is 11.9. The maximum atomic E-state index is 11.5. The summed E-state index contributed by atoms with van der Waals surface area (Å²) >= 11 is 5.69. The van der Waals surface area contributed by atoms with E-state index in [2.05, 4.69) is 5.32 Å². The molecular formula is C10H11ClN2O3. The van der Waals surface area contributed by atoms with E-state index in [4.69, 9.17) is 22.4 Å². The predicted molar refractivity (Wildman–Crippen MR) is 60.4 cm³/mol. The maximum absolute atomic E-state index is 11.5. The molecule has 1 amide bonds. The van der Waals surface area contributed by atoms with Gasteiger partial charge in [-0.15, -0.1) is 0 Å². The molecule has 0 aliphatic rings. The van der Waals surface area contributed by atoms with Crippen LogP contribution < -0.4 is 11.1 Å². The highest BCUT2D eigenvalue weighted by molar-refractivity contribution is 6.33. The van der Waals surface area contributed by atoms with Crippen molar-refractivity contribution in [3.05, 3.63) is 28.8 Å². The van der Waals surface area contributed by atoms with Crippen LogP contribution in [0.15, 0.2) is 18.2 Å². The molecule has 0 spiro atoms. The molecule has 6 heteroatoms. The third kappa shape index (κ3) is 2.87. The van der Waals surface area contributed by atoms with E-state index in [0.29, 0.717) is 5.02 Å². The van der Waals surface area contributed by atoms with Gasteiger partial charge in [-0.3, -0.25) is 9.59 Å². The van der Waals surface area contributed by atoms with Crippen molar-refractivity contribution in [2.24, 2.45) is 0 Å². The fraction of sp³-hybridized carbons (Fsp3) is 0.200. The van der Waals surface area contributed by atoms with Crippen molar-refractivity contribution in [3.63, 3.8) is 0 Å². The monoisotopic (exact) mass is 242 g/mol. The molecule has 1 rings (SSSR count). The number of hydrogen-bond acceptors (Lipinski definition) is 3. The van der Waals surface area contributed by atoms with E-state index in [1.54, 1.807) is 0 Å². The van der Waals surface area contributed by atoms with Crippen molar-refractivity contribution >= 4 is 29.2 Å². The first-order chi connectivity index (χ1) is 7.41. The molecule has 0 heterocycles. The fourth-order valence-electron chi connectivity index (χ4n) is 1.03. The lowest BCUT2D eigenvalue weighted by molar-refractivity contribution is -0.138. The molecule has 4 N–H and O–H groups in total. The number of benzene rings is 1. The van der Waals surface area contributed by atoms with Crippen LogP contribution in [0.2, 0.25) is 5.02 Å². The number of aliphatic carboxylic acids is 1. The Balaban J connectivity index is 2.81. The van der Waals surface area contributed by atoms with Gasteiger partial charge in [-0.2, -0.15) is 0 Å². The Morgan fingerprint density at radius 3 is 2.62 bits per heavy atom. The fourth-order valence-corrected chi connectivity index (χ4v) is 1.14. The zero-order chi connectivity index (χ0) is 12.3. The van der Waals surface area contributed by atoms with Gasteiger partial charge in [0.1, 0.15) is 6.04 Å². The minimum atomic E-state index is -1.10. The standard InChI is InChI=1S/C10H11ClN2O3/c1-5(10(15)16)13-9(14)6-2-3-7(11)8(12)4-6/h2-5H,12H2,1H3,(H,13,14)(H,15,16)/t5-/m1/s1. The third-order valence-corrected chi connectivity index (χ3v) is 2.32. The summed E-state index contributed by atoms with van der Waals surface area (Å²) in [4.78, 5) is 22.1. The molecule has 86 valence electrons. The molecule has 0 aromatic heterocycles. The summed E-state index contributed by atoms with van der Waals surface area (Å²) in [5.74, 6) is -1.60. The van der Waals surface area contributed by atoms with Crippen molar-refractivity contribution in [2.45, 2.75) is 13.0 Å². The van der Waals surface area contributed by atoms with Crippen LogP contribution in [-0.2, 0) is 4.79 Å². The van der Waals surface area contributed by atoms with Gasteiger partial charge in [0, 0.05) is 5.56 Å². The van der Waals surface area contributed by atoms with Crippen molar-refractivity contribution in [1.29, 1.82) is 0 Å². The van der Waals surface area contributed by atoms with Crippen LogP contribution in [0.25, 0.3) is 0 Å². The van der Waals surface area contributed by atoms with Gasteiger partial charge in [0.15, 0.2) is 0 Å². The van der Waals surface area contributed by atoms with E-state index in [9.17, 15) is 9.59 Å². The molecule has 0 aliphatic carbocycles.